The number of alkyl halides is 2. The van der Waals surface area contributed by atoms with Crippen LogP contribution in [0.1, 0.15) is 10.6 Å². The number of thiazole rings is 1. The van der Waals surface area contributed by atoms with Gasteiger partial charge in [-0.05, 0) is 6.92 Å². The van der Waals surface area contributed by atoms with Crippen molar-refractivity contribution in [3.05, 3.63) is 16.1 Å². The monoisotopic (exact) mass is 248 g/mol. The minimum atomic E-state index is -2.40. The smallest absolute Gasteiger partial charge is 0.265 e. The summed E-state index contributed by atoms with van der Waals surface area (Å²) < 4.78 is 30.0. The average molecular weight is 248 g/mol. The van der Waals surface area contributed by atoms with Crippen LogP contribution in [0.5, 0.6) is 0 Å². The highest BCUT2D eigenvalue weighted by Crippen LogP contribution is 2.18. The van der Waals surface area contributed by atoms with Crippen molar-refractivity contribution in [2.24, 2.45) is 0 Å². The van der Waals surface area contributed by atoms with Crippen molar-refractivity contribution in [3.63, 3.8) is 0 Å². The second-order valence-electron chi connectivity index (χ2n) is 3.84. The first-order chi connectivity index (χ1) is 7.66. The normalized spacial score (nSPS) is 22.9. The highest BCUT2D eigenvalue weighted by atomic mass is 32.1. The van der Waals surface area contributed by atoms with Gasteiger partial charge in [-0.15, -0.1) is 11.3 Å². The molecule has 0 amide bonds. The van der Waals surface area contributed by atoms with Gasteiger partial charge < -0.3 is 4.74 Å². The van der Waals surface area contributed by atoms with Crippen LogP contribution in [0.2, 0.25) is 0 Å². The zero-order valence-electron chi connectivity index (χ0n) is 9.03. The van der Waals surface area contributed by atoms with Gasteiger partial charge in [0.05, 0.1) is 17.8 Å². The predicted octanol–water partition coefficient (Wildman–Crippen LogP) is 1.92. The topological polar surface area (TPSA) is 25.4 Å². The van der Waals surface area contributed by atoms with E-state index in [4.69, 9.17) is 4.74 Å². The molecule has 0 N–H and O–H groups in total. The van der Waals surface area contributed by atoms with Crippen molar-refractivity contribution >= 4 is 11.3 Å². The molecule has 0 aromatic carbocycles. The van der Waals surface area contributed by atoms with Gasteiger partial charge in [0.25, 0.3) is 6.43 Å². The highest BCUT2D eigenvalue weighted by Gasteiger charge is 2.28. The molecule has 1 atom stereocenters. The van der Waals surface area contributed by atoms with Crippen LogP contribution in [0.4, 0.5) is 8.78 Å². The Morgan fingerprint density at radius 3 is 3.12 bits per heavy atom. The van der Waals surface area contributed by atoms with Gasteiger partial charge >= 0.3 is 0 Å². The lowest BCUT2D eigenvalue weighted by atomic mass is 10.2. The Morgan fingerprint density at radius 1 is 1.69 bits per heavy atom. The Morgan fingerprint density at radius 2 is 2.50 bits per heavy atom. The molecule has 1 saturated heterocycles. The molecule has 1 aromatic heterocycles. The Bertz CT molecular complexity index is 345. The third kappa shape index (κ3) is 2.75. The van der Waals surface area contributed by atoms with E-state index >= 15 is 0 Å². The third-order valence-corrected chi connectivity index (χ3v) is 3.59. The number of aryl methyl sites for hydroxylation is 1. The van der Waals surface area contributed by atoms with E-state index < -0.39 is 12.5 Å². The molecule has 0 spiro atoms. The Hall–Kier alpha value is -0.590. The molecule has 1 aliphatic rings. The number of nitrogens with zero attached hydrogens (tertiary/aromatic N) is 2. The molecule has 0 saturated carbocycles. The Balaban J connectivity index is 1.93. The second kappa shape index (κ2) is 5.16. The lowest BCUT2D eigenvalue weighted by Crippen LogP contribution is -2.45. The minimum absolute atomic E-state index is 0.301. The van der Waals surface area contributed by atoms with Crippen LogP contribution in [-0.4, -0.2) is 42.1 Å². The molecule has 16 heavy (non-hydrogen) atoms. The summed E-state index contributed by atoms with van der Waals surface area (Å²) in [5, 5.41) is 0. The van der Waals surface area contributed by atoms with Crippen LogP contribution < -0.4 is 0 Å². The van der Waals surface area contributed by atoms with E-state index in [0.717, 1.165) is 10.6 Å². The van der Waals surface area contributed by atoms with Gasteiger partial charge in [0.15, 0.2) is 0 Å². The average Bonchev–Trinajstić information content (AvgIpc) is 2.65. The summed E-state index contributed by atoms with van der Waals surface area (Å²) in [6, 6.07) is 0. The summed E-state index contributed by atoms with van der Waals surface area (Å²) in [6.07, 6.45) is -3.34. The first-order valence-corrected chi connectivity index (χ1v) is 6.06. The number of hydrogen-bond acceptors (Lipinski definition) is 4. The van der Waals surface area contributed by atoms with Crippen molar-refractivity contribution < 1.29 is 13.5 Å². The van der Waals surface area contributed by atoms with Gasteiger partial charge in [-0.2, -0.15) is 0 Å². The fraction of sp³-hybridized carbons (Fsp3) is 0.700. The molecule has 3 nitrogen and oxygen atoms in total. The molecule has 2 rings (SSSR count). The lowest BCUT2D eigenvalue weighted by Gasteiger charge is -2.32. The SMILES string of the molecule is Cc1ncsc1CN1CCO[C@@H](C(F)F)C1. The van der Waals surface area contributed by atoms with E-state index in [0.29, 0.717) is 26.2 Å². The largest absolute Gasteiger partial charge is 0.370 e. The lowest BCUT2D eigenvalue weighted by molar-refractivity contribution is -0.104. The molecule has 0 aliphatic carbocycles. The van der Waals surface area contributed by atoms with Crippen LogP contribution in [0.25, 0.3) is 0 Å². The maximum atomic E-state index is 12.5. The van der Waals surface area contributed by atoms with Crippen LogP contribution in [0.15, 0.2) is 5.51 Å². The summed E-state index contributed by atoms with van der Waals surface area (Å²) in [4.78, 5) is 7.30. The summed E-state index contributed by atoms with van der Waals surface area (Å²) >= 11 is 1.57. The Kier molecular flexibility index (Phi) is 3.83. The first-order valence-electron chi connectivity index (χ1n) is 5.18. The summed E-state index contributed by atoms with van der Waals surface area (Å²) in [5.74, 6) is 0. The van der Waals surface area contributed by atoms with E-state index in [1.54, 1.807) is 16.8 Å². The van der Waals surface area contributed by atoms with Crippen molar-refractivity contribution in [2.75, 3.05) is 19.7 Å². The van der Waals surface area contributed by atoms with E-state index in [2.05, 4.69) is 4.98 Å². The third-order valence-electron chi connectivity index (χ3n) is 2.67. The molecule has 90 valence electrons. The van der Waals surface area contributed by atoms with Crippen molar-refractivity contribution in [3.8, 4) is 0 Å². The van der Waals surface area contributed by atoms with Crippen molar-refractivity contribution in [1.82, 2.24) is 9.88 Å². The van der Waals surface area contributed by atoms with Crippen LogP contribution in [-0.2, 0) is 11.3 Å². The summed E-state index contributed by atoms with van der Waals surface area (Å²) in [6.45, 7) is 4.03. The Labute approximate surface area is 97.0 Å². The zero-order valence-corrected chi connectivity index (χ0v) is 9.84. The van der Waals surface area contributed by atoms with E-state index in [1.807, 2.05) is 11.8 Å². The maximum Gasteiger partial charge on any atom is 0.265 e. The molecular weight excluding hydrogens is 234 g/mol. The quantitative estimate of drug-likeness (QED) is 0.817. The summed E-state index contributed by atoms with van der Waals surface area (Å²) in [5.41, 5.74) is 2.78. The standard InChI is InChI=1S/C10H14F2N2OS/c1-7-9(16-6-13-7)5-14-2-3-15-8(4-14)10(11)12/h6,8,10H,2-5H2,1H3/t8-/m1/s1. The summed E-state index contributed by atoms with van der Waals surface area (Å²) in [7, 11) is 0. The van der Waals surface area contributed by atoms with Crippen molar-refractivity contribution in [2.45, 2.75) is 26.0 Å². The predicted molar refractivity (Wildman–Crippen MR) is 57.9 cm³/mol. The van der Waals surface area contributed by atoms with Crippen molar-refractivity contribution in [1.29, 1.82) is 0 Å². The number of hydrogen-bond donors (Lipinski definition) is 0. The number of halogens is 2. The molecule has 1 fully saturated rings. The minimum Gasteiger partial charge on any atom is -0.370 e. The van der Waals surface area contributed by atoms with Crippen LogP contribution in [0, 0.1) is 6.92 Å². The molecule has 2 heterocycles. The number of ether oxygens (including phenoxy) is 1. The van der Waals surface area contributed by atoms with Crippen LogP contribution in [0.3, 0.4) is 0 Å². The fourth-order valence-corrected chi connectivity index (χ4v) is 2.53. The van der Waals surface area contributed by atoms with E-state index in [9.17, 15) is 8.78 Å². The van der Waals surface area contributed by atoms with Gasteiger partial charge in [-0.25, -0.2) is 13.8 Å². The molecule has 0 radical (unpaired) electrons. The zero-order chi connectivity index (χ0) is 11.5. The van der Waals surface area contributed by atoms with Gasteiger partial charge in [-0.1, -0.05) is 0 Å². The maximum absolute atomic E-state index is 12.5. The van der Waals surface area contributed by atoms with Gasteiger partial charge in [0.1, 0.15) is 6.10 Å². The van der Waals surface area contributed by atoms with Crippen LogP contribution >= 0.6 is 11.3 Å². The second-order valence-corrected chi connectivity index (χ2v) is 4.78. The molecule has 1 aromatic rings. The van der Waals surface area contributed by atoms with Gasteiger partial charge in [-0.3, -0.25) is 4.90 Å². The van der Waals surface area contributed by atoms with E-state index in [1.165, 1.54) is 0 Å². The highest BCUT2D eigenvalue weighted by molar-refractivity contribution is 7.09. The van der Waals surface area contributed by atoms with E-state index in [-0.39, 0.29) is 0 Å². The van der Waals surface area contributed by atoms with Gasteiger partial charge in [0, 0.05) is 24.5 Å². The number of rotatable bonds is 3. The molecular formula is C10H14F2N2OS. The number of aromatic nitrogens is 1. The molecule has 0 bridgehead atoms. The first kappa shape index (κ1) is 11.9. The molecule has 1 aliphatic heterocycles. The molecule has 6 heteroatoms. The molecule has 0 unspecified atom stereocenters. The number of morpholine rings is 1. The van der Waals surface area contributed by atoms with Gasteiger partial charge in [0.2, 0.25) is 0 Å². The fourth-order valence-electron chi connectivity index (χ4n) is 1.71.